The number of amides is 1. The summed E-state index contributed by atoms with van der Waals surface area (Å²) in [4.78, 5) is 16.1. The quantitative estimate of drug-likeness (QED) is 0.546. The number of carbonyl (C=O) groups is 1. The first-order chi connectivity index (χ1) is 6.75. The van der Waals surface area contributed by atoms with E-state index in [1.807, 2.05) is 0 Å². The first kappa shape index (κ1) is 10.7. The first-order valence-electron chi connectivity index (χ1n) is 4.08. The molecule has 14 heavy (non-hydrogen) atoms. The summed E-state index contributed by atoms with van der Waals surface area (Å²) in [6.45, 7) is 2.42. The van der Waals surface area contributed by atoms with Crippen LogP contribution in [0.25, 0.3) is 0 Å². The number of hydroxylamine groups is 1. The van der Waals surface area contributed by atoms with Gasteiger partial charge in [-0.25, -0.2) is 5.48 Å². The average molecular weight is 200 g/mol. The number of nitrogens with one attached hydrogen (secondary N) is 1. The molecule has 0 saturated carbocycles. The molecule has 0 atom stereocenters. The van der Waals surface area contributed by atoms with Gasteiger partial charge in [0.15, 0.2) is 0 Å². The van der Waals surface area contributed by atoms with Gasteiger partial charge in [-0.1, -0.05) is 5.16 Å². The van der Waals surface area contributed by atoms with Gasteiger partial charge in [0.1, 0.15) is 0 Å². The number of aromatic nitrogens is 1. The predicted octanol–water partition coefficient (Wildman–Crippen LogP) is 0.291. The molecule has 0 aromatic carbocycles. The summed E-state index contributed by atoms with van der Waals surface area (Å²) in [5.41, 5.74) is 2.87. The molecule has 1 amide bonds. The van der Waals surface area contributed by atoms with Crippen LogP contribution in [-0.4, -0.2) is 31.4 Å². The minimum Gasteiger partial charge on any atom is -0.382 e. The van der Waals surface area contributed by atoms with Crippen molar-refractivity contribution in [2.45, 2.75) is 6.92 Å². The van der Waals surface area contributed by atoms with Crippen LogP contribution in [0.3, 0.4) is 0 Å². The molecule has 0 radical (unpaired) electrons. The Labute approximate surface area is 81.1 Å². The van der Waals surface area contributed by atoms with E-state index in [1.54, 1.807) is 14.0 Å². The van der Waals surface area contributed by atoms with Crippen molar-refractivity contribution in [1.29, 1.82) is 0 Å². The van der Waals surface area contributed by atoms with E-state index < -0.39 is 5.91 Å². The number of hydrogen-bond donors (Lipinski definition) is 1. The third kappa shape index (κ3) is 2.82. The largest absolute Gasteiger partial charge is 0.382 e. The Morgan fingerprint density at radius 2 is 2.43 bits per heavy atom. The summed E-state index contributed by atoms with van der Waals surface area (Å²) in [7, 11) is 1.55. The van der Waals surface area contributed by atoms with Gasteiger partial charge < -0.3 is 9.26 Å². The zero-order valence-corrected chi connectivity index (χ0v) is 8.07. The molecule has 6 nitrogen and oxygen atoms in total. The van der Waals surface area contributed by atoms with Crippen LogP contribution in [0.5, 0.6) is 0 Å². The van der Waals surface area contributed by atoms with Gasteiger partial charge in [0.05, 0.1) is 19.4 Å². The lowest BCUT2D eigenvalue weighted by atomic mass is 10.3. The van der Waals surface area contributed by atoms with E-state index >= 15 is 0 Å². The van der Waals surface area contributed by atoms with Crippen molar-refractivity contribution in [2.24, 2.45) is 0 Å². The summed E-state index contributed by atoms with van der Waals surface area (Å²) >= 11 is 0. The second-order valence-electron chi connectivity index (χ2n) is 2.61. The molecule has 0 aliphatic rings. The molecule has 0 spiro atoms. The van der Waals surface area contributed by atoms with Crippen molar-refractivity contribution in [3.05, 3.63) is 17.5 Å². The van der Waals surface area contributed by atoms with Gasteiger partial charge in [0.25, 0.3) is 0 Å². The Kier molecular flexibility index (Phi) is 4.09. The van der Waals surface area contributed by atoms with Crippen molar-refractivity contribution < 1.29 is 18.9 Å². The SMILES string of the molecule is COCCONC(=O)c1oncc1C. The highest BCUT2D eigenvalue weighted by molar-refractivity contribution is 5.91. The minimum atomic E-state index is -0.448. The van der Waals surface area contributed by atoms with Gasteiger partial charge in [0.2, 0.25) is 5.76 Å². The average Bonchev–Trinajstić information content (AvgIpc) is 2.59. The molecule has 1 aromatic heterocycles. The number of nitrogens with zero attached hydrogens (tertiary/aromatic N) is 1. The second kappa shape index (κ2) is 5.36. The summed E-state index contributed by atoms with van der Waals surface area (Å²) in [6, 6.07) is 0. The Balaban J connectivity index is 2.32. The van der Waals surface area contributed by atoms with Gasteiger partial charge in [-0.3, -0.25) is 9.63 Å². The van der Waals surface area contributed by atoms with Gasteiger partial charge in [0, 0.05) is 12.7 Å². The van der Waals surface area contributed by atoms with Crippen molar-refractivity contribution in [1.82, 2.24) is 10.6 Å². The molecule has 0 fully saturated rings. The van der Waals surface area contributed by atoms with Crippen molar-refractivity contribution in [3.8, 4) is 0 Å². The highest BCUT2D eigenvalue weighted by Gasteiger charge is 2.13. The number of carbonyl (C=O) groups excluding carboxylic acids is 1. The van der Waals surface area contributed by atoms with E-state index in [1.165, 1.54) is 6.20 Å². The van der Waals surface area contributed by atoms with Crippen LogP contribution in [0.2, 0.25) is 0 Å². The maximum absolute atomic E-state index is 11.3. The molecule has 1 heterocycles. The Bertz CT molecular complexity index is 297. The van der Waals surface area contributed by atoms with Crippen molar-refractivity contribution >= 4 is 5.91 Å². The summed E-state index contributed by atoms with van der Waals surface area (Å²) in [5.74, 6) is -0.293. The fraction of sp³-hybridized carbons (Fsp3) is 0.500. The Morgan fingerprint density at radius 3 is 3.00 bits per heavy atom. The highest BCUT2D eigenvalue weighted by Crippen LogP contribution is 2.04. The van der Waals surface area contributed by atoms with Crippen LogP contribution in [0, 0.1) is 6.92 Å². The van der Waals surface area contributed by atoms with Crippen LogP contribution in [0.4, 0.5) is 0 Å². The molecule has 1 N–H and O–H groups in total. The minimum absolute atomic E-state index is 0.155. The normalized spacial score (nSPS) is 10.1. The molecular formula is C8H12N2O4. The molecule has 0 aliphatic carbocycles. The number of hydrogen-bond acceptors (Lipinski definition) is 5. The molecular weight excluding hydrogens is 188 g/mol. The molecule has 6 heteroatoms. The maximum atomic E-state index is 11.3. The molecule has 0 bridgehead atoms. The van der Waals surface area contributed by atoms with E-state index in [-0.39, 0.29) is 12.4 Å². The van der Waals surface area contributed by atoms with E-state index in [2.05, 4.69) is 10.6 Å². The van der Waals surface area contributed by atoms with Crippen molar-refractivity contribution in [2.75, 3.05) is 20.3 Å². The molecule has 0 aliphatic heterocycles. The van der Waals surface area contributed by atoms with E-state index in [0.29, 0.717) is 12.2 Å². The fourth-order valence-electron chi connectivity index (χ4n) is 0.797. The lowest BCUT2D eigenvalue weighted by Crippen LogP contribution is -2.25. The van der Waals surface area contributed by atoms with Crippen LogP contribution in [-0.2, 0) is 9.57 Å². The predicted molar refractivity (Wildman–Crippen MR) is 46.5 cm³/mol. The first-order valence-corrected chi connectivity index (χ1v) is 4.08. The lowest BCUT2D eigenvalue weighted by molar-refractivity contribution is 0.00687. The lowest BCUT2D eigenvalue weighted by Gasteiger charge is -2.02. The van der Waals surface area contributed by atoms with Crippen LogP contribution in [0.15, 0.2) is 10.7 Å². The van der Waals surface area contributed by atoms with Gasteiger partial charge in [-0.05, 0) is 6.92 Å². The third-order valence-electron chi connectivity index (χ3n) is 1.51. The zero-order chi connectivity index (χ0) is 10.4. The van der Waals surface area contributed by atoms with E-state index in [4.69, 9.17) is 14.1 Å². The molecule has 0 saturated heterocycles. The number of methoxy groups -OCH3 is 1. The summed E-state index contributed by atoms with van der Waals surface area (Å²) in [5, 5.41) is 3.47. The Hall–Kier alpha value is -1.40. The van der Waals surface area contributed by atoms with E-state index in [9.17, 15) is 4.79 Å². The summed E-state index contributed by atoms with van der Waals surface area (Å²) < 4.78 is 9.44. The number of rotatable bonds is 5. The number of aryl methyl sites for hydroxylation is 1. The second-order valence-corrected chi connectivity index (χ2v) is 2.61. The van der Waals surface area contributed by atoms with Crippen molar-refractivity contribution in [3.63, 3.8) is 0 Å². The molecule has 1 rings (SSSR count). The maximum Gasteiger partial charge on any atom is 0.313 e. The topological polar surface area (TPSA) is 73.6 Å². The fourth-order valence-corrected chi connectivity index (χ4v) is 0.797. The van der Waals surface area contributed by atoms with Gasteiger partial charge >= 0.3 is 5.91 Å². The van der Waals surface area contributed by atoms with E-state index in [0.717, 1.165) is 0 Å². The third-order valence-corrected chi connectivity index (χ3v) is 1.51. The number of ether oxygens (including phenoxy) is 1. The molecule has 78 valence electrons. The zero-order valence-electron chi connectivity index (χ0n) is 8.07. The van der Waals surface area contributed by atoms with Crippen LogP contribution >= 0.6 is 0 Å². The van der Waals surface area contributed by atoms with Gasteiger partial charge in [-0.2, -0.15) is 0 Å². The highest BCUT2D eigenvalue weighted by atomic mass is 16.7. The standard InChI is InChI=1S/C8H12N2O4/c1-6-5-9-14-7(6)8(11)10-13-4-3-12-2/h5H,3-4H2,1-2H3,(H,10,11). The summed E-state index contributed by atoms with van der Waals surface area (Å²) in [6.07, 6.45) is 1.46. The monoisotopic (exact) mass is 200 g/mol. The molecule has 1 aromatic rings. The van der Waals surface area contributed by atoms with Gasteiger partial charge in [-0.15, -0.1) is 0 Å². The smallest absolute Gasteiger partial charge is 0.313 e. The van der Waals surface area contributed by atoms with Crippen LogP contribution < -0.4 is 5.48 Å². The Morgan fingerprint density at radius 1 is 1.64 bits per heavy atom. The molecule has 0 unspecified atom stereocenters. The van der Waals surface area contributed by atoms with Crippen LogP contribution in [0.1, 0.15) is 16.1 Å².